The standard InChI is InChI=1S/C16H16ClNO3S2/c1-3-9(2)13(15(20)21)18-14(19)12(23-16(18)22)8-10-6-4-5-7-11(10)17/h4-9,13H,3H2,1-2H3,(H,20,21)/p-1/b12-8-/t9-,13-/m0/s1. The SMILES string of the molecule is CC[C@H](C)[C@@H](C(=O)[O-])N1C(=O)/C(=C/c2ccccc2Cl)SC1=S. The third-order valence-electron chi connectivity index (χ3n) is 3.72. The van der Waals surface area contributed by atoms with E-state index in [0.29, 0.717) is 21.9 Å². The highest BCUT2D eigenvalue weighted by atomic mass is 35.5. The second-order valence-corrected chi connectivity index (χ2v) is 7.31. The van der Waals surface area contributed by atoms with Crippen LogP contribution in [0.1, 0.15) is 25.8 Å². The van der Waals surface area contributed by atoms with Crippen molar-refractivity contribution in [1.29, 1.82) is 0 Å². The molecule has 1 saturated heterocycles. The summed E-state index contributed by atoms with van der Waals surface area (Å²) < 4.78 is 0.225. The Morgan fingerprint density at radius 3 is 2.70 bits per heavy atom. The van der Waals surface area contributed by atoms with Crippen molar-refractivity contribution < 1.29 is 14.7 Å². The van der Waals surface area contributed by atoms with Gasteiger partial charge < -0.3 is 9.90 Å². The monoisotopic (exact) mass is 368 g/mol. The lowest BCUT2D eigenvalue weighted by Crippen LogP contribution is -2.53. The summed E-state index contributed by atoms with van der Waals surface area (Å²) in [6.07, 6.45) is 2.23. The summed E-state index contributed by atoms with van der Waals surface area (Å²) in [6, 6.07) is 6.03. The lowest BCUT2D eigenvalue weighted by atomic mass is 9.98. The van der Waals surface area contributed by atoms with Crippen LogP contribution in [0.3, 0.4) is 0 Å². The molecular formula is C16H15ClNO3S2-. The summed E-state index contributed by atoms with van der Waals surface area (Å²) in [5, 5.41) is 12.0. The van der Waals surface area contributed by atoms with Crippen LogP contribution in [0.25, 0.3) is 6.08 Å². The summed E-state index contributed by atoms with van der Waals surface area (Å²) in [5.41, 5.74) is 0.684. The summed E-state index contributed by atoms with van der Waals surface area (Å²) in [7, 11) is 0. The largest absolute Gasteiger partial charge is 0.548 e. The first kappa shape index (κ1) is 18.0. The van der Waals surface area contributed by atoms with Crippen molar-refractivity contribution in [3.8, 4) is 0 Å². The zero-order valence-corrected chi connectivity index (χ0v) is 15.0. The minimum Gasteiger partial charge on any atom is -0.548 e. The van der Waals surface area contributed by atoms with Gasteiger partial charge in [0.2, 0.25) is 0 Å². The Bertz CT molecular complexity index is 690. The second kappa shape index (κ2) is 7.47. The van der Waals surface area contributed by atoms with E-state index in [2.05, 4.69) is 0 Å². The van der Waals surface area contributed by atoms with Crippen LogP contribution in [0.4, 0.5) is 0 Å². The van der Waals surface area contributed by atoms with Crippen molar-refractivity contribution in [3.63, 3.8) is 0 Å². The Balaban J connectivity index is 2.36. The molecule has 0 aliphatic carbocycles. The predicted octanol–water partition coefficient (Wildman–Crippen LogP) is 2.71. The lowest BCUT2D eigenvalue weighted by Gasteiger charge is -2.32. The highest BCUT2D eigenvalue weighted by Crippen LogP contribution is 2.36. The first-order chi connectivity index (χ1) is 10.9. The molecule has 1 aliphatic heterocycles. The second-order valence-electron chi connectivity index (χ2n) is 5.22. The maximum Gasteiger partial charge on any atom is 0.266 e. The molecule has 2 rings (SSSR count). The van der Waals surface area contributed by atoms with E-state index < -0.39 is 17.9 Å². The number of aliphatic carboxylic acids is 1. The number of carbonyl (C=O) groups is 2. The normalized spacial score (nSPS) is 19.3. The molecule has 0 saturated carbocycles. The minimum atomic E-state index is -1.30. The molecule has 1 aliphatic rings. The predicted molar refractivity (Wildman–Crippen MR) is 94.7 cm³/mol. The summed E-state index contributed by atoms with van der Waals surface area (Å²) >= 11 is 12.4. The topological polar surface area (TPSA) is 60.4 Å². The molecule has 1 fully saturated rings. The number of carboxylic acid groups (broad SMARTS) is 1. The van der Waals surface area contributed by atoms with Gasteiger partial charge in [-0.2, -0.15) is 0 Å². The number of thioether (sulfide) groups is 1. The first-order valence-electron chi connectivity index (χ1n) is 7.09. The smallest absolute Gasteiger partial charge is 0.266 e. The fourth-order valence-corrected chi connectivity index (χ4v) is 3.78. The van der Waals surface area contributed by atoms with Crippen molar-refractivity contribution in [1.82, 2.24) is 4.90 Å². The van der Waals surface area contributed by atoms with Gasteiger partial charge in [0.1, 0.15) is 4.32 Å². The maximum atomic E-state index is 12.6. The van der Waals surface area contributed by atoms with E-state index in [1.807, 2.05) is 13.0 Å². The number of halogens is 1. The van der Waals surface area contributed by atoms with Crippen LogP contribution in [0.5, 0.6) is 0 Å². The van der Waals surface area contributed by atoms with E-state index in [9.17, 15) is 14.7 Å². The Labute approximate surface area is 149 Å². The Morgan fingerprint density at radius 1 is 1.48 bits per heavy atom. The number of carbonyl (C=O) groups excluding carboxylic acids is 2. The highest BCUT2D eigenvalue weighted by molar-refractivity contribution is 8.26. The molecule has 1 heterocycles. The van der Waals surface area contributed by atoms with E-state index in [1.165, 1.54) is 0 Å². The number of thiocarbonyl (C=S) groups is 1. The Morgan fingerprint density at radius 2 is 2.13 bits per heavy atom. The first-order valence-corrected chi connectivity index (χ1v) is 8.69. The Kier molecular flexibility index (Phi) is 5.84. The molecule has 0 N–H and O–H groups in total. The quantitative estimate of drug-likeness (QED) is 0.590. The van der Waals surface area contributed by atoms with Crippen LogP contribution < -0.4 is 5.11 Å². The number of nitrogens with zero attached hydrogens (tertiary/aromatic N) is 1. The molecule has 0 bridgehead atoms. The zero-order valence-electron chi connectivity index (χ0n) is 12.6. The number of benzene rings is 1. The molecule has 1 amide bonds. The van der Waals surface area contributed by atoms with Crippen molar-refractivity contribution in [3.05, 3.63) is 39.8 Å². The van der Waals surface area contributed by atoms with E-state index in [4.69, 9.17) is 23.8 Å². The fourth-order valence-electron chi connectivity index (χ4n) is 2.27. The van der Waals surface area contributed by atoms with Crippen molar-refractivity contribution in [2.75, 3.05) is 0 Å². The van der Waals surface area contributed by atoms with Crippen LogP contribution in [0.15, 0.2) is 29.2 Å². The molecule has 2 atom stereocenters. The molecule has 0 radical (unpaired) electrons. The van der Waals surface area contributed by atoms with Gasteiger partial charge in [0.25, 0.3) is 5.91 Å². The number of rotatable bonds is 5. The molecule has 1 aromatic rings. The van der Waals surface area contributed by atoms with Gasteiger partial charge >= 0.3 is 0 Å². The molecule has 0 aromatic heterocycles. The summed E-state index contributed by atoms with van der Waals surface area (Å²) in [6.45, 7) is 3.62. The van der Waals surface area contributed by atoms with Gasteiger partial charge in [0.05, 0.1) is 16.9 Å². The molecule has 4 nitrogen and oxygen atoms in total. The molecule has 23 heavy (non-hydrogen) atoms. The van der Waals surface area contributed by atoms with Gasteiger partial charge in [-0.15, -0.1) is 0 Å². The van der Waals surface area contributed by atoms with Gasteiger partial charge in [-0.25, -0.2) is 0 Å². The van der Waals surface area contributed by atoms with Gasteiger partial charge in [-0.3, -0.25) is 9.69 Å². The van der Waals surface area contributed by atoms with E-state index in [-0.39, 0.29) is 10.2 Å². The van der Waals surface area contributed by atoms with E-state index in [0.717, 1.165) is 16.7 Å². The number of hydrogen-bond acceptors (Lipinski definition) is 5. The summed E-state index contributed by atoms with van der Waals surface area (Å²) in [4.78, 5) is 25.6. The van der Waals surface area contributed by atoms with Crippen LogP contribution in [-0.2, 0) is 9.59 Å². The van der Waals surface area contributed by atoms with E-state index in [1.54, 1.807) is 31.2 Å². The molecule has 0 spiro atoms. The molecule has 122 valence electrons. The number of amides is 1. The number of hydrogen-bond donors (Lipinski definition) is 0. The van der Waals surface area contributed by atoms with Crippen molar-refractivity contribution in [2.45, 2.75) is 26.3 Å². The van der Waals surface area contributed by atoms with Crippen molar-refractivity contribution >= 4 is 57.9 Å². The average molecular weight is 369 g/mol. The van der Waals surface area contributed by atoms with Gasteiger partial charge in [-0.05, 0) is 23.6 Å². The van der Waals surface area contributed by atoms with Crippen molar-refractivity contribution in [2.24, 2.45) is 5.92 Å². The van der Waals surface area contributed by atoms with Crippen LogP contribution >= 0.6 is 35.6 Å². The van der Waals surface area contributed by atoms with Gasteiger partial charge in [0.15, 0.2) is 0 Å². The zero-order chi connectivity index (χ0) is 17.1. The molecular weight excluding hydrogens is 354 g/mol. The average Bonchev–Trinajstić information content (AvgIpc) is 2.77. The fraction of sp³-hybridized carbons (Fsp3) is 0.312. The summed E-state index contributed by atoms with van der Waals surface area (Å²) in [5.74, 6) is -1.98. The van der Waals surface area contributed by atoms with E-state index >= 15 is 0 Å². The molecule has 7 heteroatoms. The van der Waals surface area contributed by atoms with Gasteiger partial charge in [0, 0.05) is 5.02 Å². The van der Waals surface area contributed by atoms with Crippen LogP contribution in [-0.4, -0.2) is 27.1 Å². The lowest BCUT2D eigenvalue weighted by molar-refractivity contribution is -0.311. The third kappa shape index (κ3) is 3.76. The Hall–Kier alpha value is -1.37. The molecule has 1 aromatic carbocycles. The highest BCUT2D eigenvalue weighted by Gasteiger charge is 2.39. The maximum absolute atomic E-state index is 12.6. The van der Waals surface area contributed by atoms with Gasteiger partial charge in [-0.1, -0.05) is 74.0 Å². The number of carboxylic acids is 1. The van der Waals surface area contributed by atoms with Crippen LogP contribution in [0.2, 0.25) is 5.02 Å². The molecule has 0 unspecified atom stereocenters. The third-order valence-corrected chi connectivity index (χ3v) is 5.39. The minimum absolute atomic E-state index is 0.225. The van der Waals surface area contributed by atoms with Crippen LogP contribution in [0, 0.1) is 5.92 Å².